The van der Waals surface area contributed by atoms with Gasteiger partial charge in [0.15, 0.2) is 5.76 Å². The zero-order chi connectivity index (χ0) is 12.0. The number of hydrogen-bond donors (Lipinski definition) is 1. The Kier molecular flexibility index (Phi) is 5.53. The molecule has 1 unspecified atom stereocenters. The topological polar surface area (TPSA) is 38.1 Å². The van der Waals surface area contributed by atoms with E-state index in [4.69, 9.17) is 4.52 Å². The quantitative estimate of drug-likeness (QED) is 0.773. The predicted octanol–water partition coefficient (Wildman–Crippen LogP) is 3.15. The number of hydrogen-bond acceptors (Lipinski definition) is 3. The Balaban J connectivity index is 2.23. The lowest BCUT2D eigenvalue weighted by Gasteiger charge is -2.13. The monoisotopic (exact) mass is 224 g/mol. The van der Waals surface area contributed by atoms with Gasteiger partial charge < -0.3 is 9.84 Å². The highest BCUT2D eigenvalue weighted by molar-refractivity contribution is 5.04. The molecule has 1 N–H and O–H groups in total. The van der Waals surface area contributed by atoms with Gasteiger partial charge in [-0.3, -0.25) is 0 Å². The summed E-state index contributed by atoms with van der Waals surface area (Å²) in [5, 5.41) is 7.43. The van der Waals surface area contributed by atoms with Crippen LogP contribution in [0.3, 0.4) is 0 Å². The summed E-state index contributed by atoms with van der Waals surface area (Å²) in [6.45, 7) is 9.61. The Labute approximate surface area is 98.6 Å². The molecule has 1 heterocycles. The molecule has 0 aromatic carbocycles. The van der Waals surface area contributed by atoms with Crippen molar-refractivity contribution in [1.82, 2.24) is 10.5 Å². The summed E-state index contributed by atoms with van der Waals surface area (Å²) in [7, 11) is 0. The SMILES string of the molecule is CCc1cc(CNC(C)CCC(C)C)on1. The van der Waals surface area contributed by atoms with Crippen LogP contribution in [0.2, 0.25) is 0 Å². The first-order valence-corrected chi connectivity index (χ1v) is 6.29. The van der Waals surface area contributed by atoms with Crippen LogP contribution < -0.4 is 5.32 Å². The van der Waals surface area contributed by atoms with Crippen LogP contribution in [0.25, 0.3) is 0 Å². The van der Waals surface area contributed by atoms with E-state index >= 15 is 0 Å². The van der Waals surface area contributed by atoms with Gasteiger partial charge in [0.05, 0.1) is 12.2 Å². The van der Waals surface area contributed by atoms with Gasteiger partial charge in [-0.15, -0.1) is 0 Å². The smallest absolute Gasteiger partial charge is 0.150 e. The minimum absolute atomic E-state index is 0.539. The largest absolute Gasteiger partial charge is 0.360 e. The molecular formula is C13H24N2O. The minimum Gasteiger partial charge on any atom is -0.360 e. The van der Waals surface area contributed by atoms with Crippen molar-refractivity contribution in [2.24, 2.45) is 5.92 Å². The fourth-order valence-electron chi connectivity index (χ4n) is 1.57. The van der Waals surface area contributed by atoms with Crippen molar-refractivity contribution in [3.63, 3.8) is 0 Å². The summed E-state index contributed by atoms with van der Waals surface area (Å²) in [5.74, 6) is 1.72. The van der Waals surface area contributed by atoms with Crippen LogP contribution in [0.5, 0.6) is 0 Å². The molecule has 92 valence electrons. The Bertz CT molecular complexity index is 294. The number of rotatable bonds is 7. The molecule has 1 aromatic rings. The van der Waals surface area contributed by atoms with Gasteiger partial charge in [0.25, 0.3) is 0 Å². The van der Waals surface area contributed by atoms with E-state index in [0.717, 1.165) is 30.3 Å². The summed E-state index contributed by atoms with van der Waals surface area (Å²) in [5.41, 5.74) is 1.03. The molecule has 0 radical (unpaired) electrons. The molecule has 0 aliphatic heterocycles. The van der Waals surface area contributed by atoms with E-state index in [9.17, 15) is 0 Å². The van der Waals surface area contributed by atoms with E-state index in [1.165, 1.54) is 12.8 Å². The third-order valence-electron chi connectivity index (χ3n) is 2.77. The summed E-state index contributed by atoms with van der Waals surface area (Å²) in [6.07, 6.45) is 3.42. The van der Waals surface area contributed by atoms with Crippen LogP contribution in [0, 0.1) is 5.92 Å². The first-order chi connectivity index (χ1) is 7.61. The molecule has 3 nitrogen and oxygen atoms in total. The van der Waals surface area contributed by atoms with E-state index in [1.54, 1.807) is 0 Å². The van der Waals surface area contributed by atoms with Crippen LogP contribution in [0.4, 0.5) is 0 Å². The van der Waals surface area contributed by atoms with Crippen molar-refractivity contribution >= 4 is 0 Å². The van der Waals surface area contributed by atoms with Crippen molar-refractivity contribution in [3.8, 4) is 0 Å². The molecule has 16 heavy (non-hydrogen) atoms. The van der Waals surface area contributed by atoms with Gasteiger partial charge in [0.2, 0.25) is 0 Å². The number of aryl methyl sites for hydroxylation is 1. The molecular weight excluding hydrogens is 200 g/mol. The van der Waals surface area contributed by atoms with E-state index in [2.05, 4.69) is 38.2 Å². The van der Waals surface area contributed by atoms with Crippen LogP contribution >= 0.6 is 0 Å². The van der Waals surface area contributed by atoms with Crippen LogP contribution in [-0.4, -0.2) is 11.2 Å². The Morgan fingerprint density at radius 2 is 2.06 bits per heavy atom. The average Bonchev–Trinajstić information content (AvgIpc) is 2.71. The fraction of sp³-hybridized carbons (Fsp3) is 0.769. The maximum absolute atomic E-state index is 5.22. The summed E-state index contributed by atoms with van der Waals surface area (Å²) >= 11 is 0. The zero-order valence-electron chi connectivity index (χ0n) is 10.9. The maximum atomic E-state index is 5.22. The van der Waals surface area contributed by atoms with Crippen molar-refractivity contribution in [3.05, 3.63) is 17.5 Å². The fourth-order valence-corrected chi connectivity index (χ4v) is 1.57. The molecule has 0 saturated heterocycles. The maximum Gasteiger partial charge on any atom is 0.150 e. The second kappa shape index (κ2) is 6.69. The molecule has 0 saturated carbocycles. The van der Waals surface area contributed by atoms with Gasteiger partial charge in [-0.25, -0.2) is 0 Å². The number of nitrogens with one attached hydrogen (secondary N) is 1. The van der Waals surface area contributed by atoms with Crippen molar-refractivity contribution in [2.75, 3.05) is 0 Å². The Morgan fingerprint density at radius 1 is 1.31 bits per heavy atom. The van der Waals surface area contributed by atoms with E-state index in [-0.39, 0.29) is 0 Å². The summed E-state index contributed by atoms with van der Waals surface area (Å²) < 4.78 is 5.22. The molecule has 1 aromatic heterocycles. The highest BCUT2D eigenvalue weighted by atomic mass is 16.5. The average molecular weight is 224 g/mol. The third-order valence-corrected chi connectivity index (χ3v) is 2.77. The molecule has 0 fully saturated rings. The Morgan fingerprint density at radius 3 is 2.62 bits per heavy atom. The highest BCUT2D eigenvalue weighted by Gasteiger charge is 2.06. The zero-order valence-corrected chi connectivity index (χ0v) is 10.9. The van der Waals surface area contributed by atoms with E-state index in [0.29, 0.717) is 6.04 Å². The molecule has 0 amide bonds. The van der Waals surface area contributed by atoms with Gasteiger partial charge in [-0.05, 0) is 32.1 Å². The van der Waals surface area contributed by atoms with Gasteiger partial charge in [0.1, 0.15) is 0 Å². The first-order valence-electron chi connectivity index (χ1n) is 6.29. The number of aromatic nitrogens is 1. The first kappa shape index (κ1) is 13.2. The van der Waals surface area contributed by atoms with Crippen molar-refractivity contribution in [2.45, 2.75) is 59.5 Å². The molecule has 0 spiro atoms. The molecule has 0 aliphatic carbocycles. The molecule has 1 atom stereocenters. The van der Waals surface area contributed by atoms with Gasteiger partial charge >= 0.3 is 0 Å². The normalized spacial score (nSPS) is 13.3. The lowest BCUT2D eigenvalue weighted by atomic mass is 10.0. The molecule has 0 bridgehead atoms. The van der Waals surface area contributed by atoms with Crippen LogP contribution in [0.15, 0.2) is 10.6 Å². The summed E-state index contributed by atoms with van der Waals surface area (Å²) in [4.78, 5) is 0. The molecule has 3 heteroatoms. The predicted molar refractivity (Wildman–Crippen MR) is 66.3 cm³/mol. The molecule has 1 rings (SSSR count). The van der Waals surface area contributed by atoms with Crippen LogP contribution in [-0.2, 0) is 13.0 Å². The summed E-state index contributed by atoms with van der Waals surface area (Å²) in [6, 6.07) is 2.57. The van der Waals surface area contributed by atoms with Gasteiger partial charge in [-0.1, -0.05) is 25.9 Å². The van der Waals surface area contributed by atoms with E-state index < -0.39 is 0 Å². The Hall–Kier alpha value is -0.830. The van der Waals surface area contributed by atoms with Crippen molar-refractivity contribution in [1.29, 1.82) is 0 Å². The third kappa shape index (κ3) is 4.79. The second-order valence-corrected chi connectivity index (χ2v) is 4.89. The minimum atomic E-state index is 0.539. The lowest BCUT2D eigenvalue weighted by molar-refractivity contribution is 0.354. The standard InChI is InChI=1S/C13H24N2O/c1-5-12-8-13(16-15-12)9-14-11(4)7-6-10(2)3/h8,10-11,14H,5-7,9H2,1-4H3. The van der Waals surface area contributed by atoms with Gasteiger partial charge in [-0.2, -0.15) is 0 Å². The lowest BCUT2D eigenvalue weighted by Crippen LogP contribution is -2.25. The highest BCUT2D eigenvalue weighted by Crippen LogP contribution is 2.08. The van der Waals surface area contributed by atoms with Gasteiger partial charge in [0, 0.05) is 12.1 Å². The second-order valence-electron chi connectivity index (χ2n) is 4.89. The number of nitrogens with zero attached hydrogens (tertiary/aromatic N) is 1. The van der Waals surface area contributed by atoms with Crippen LogP contribution in [0.1, 0.15) is 52.0 Å². The molecule has 0 aliphatic rings. The van der Waals surface area contributed by atoms with Crippen molar-refractivity contribution < 1.29 is 4.52 Å². The van der Waals surface area contributed by atoms with E-state index in [1.807, 2.05) is 6.07 Å².